The number of rotatable bonds is 13. The number of nitrogens with zero attached hydrogens (tertiary/aromatic N) is 2. The molecule has 0 saturated heterocycles. The molecule has 0 saturated carbocycles. The average molecular weight is 683 g/mol. The van der Waals surface area contributed by atoms with E-state index in [1.54, 1.807) is 17.0 Å². The van der Waals surface area contributed by atoms with Crippen molar-refractivity contribution < 1.29 is 18.8 Å². The van der Waals surface area contributed by atoms with Crippen LogP contribution >= 0.6 is 11.6 Å². The average Bonchev–Trinajstić information content (AvgIpc) is 3.20. The normalized spacial score (nSPS) is 15.8. The molecule has 7 nitrogen and oxygen atoms in total. The molecule has 4 aromatic carbocycles. The van der Waals surface area contributed by atoms with Crippen molar-refractivity contribution in [3.05, 3.63) is 113 Å². The molecule has 1 heterocycles. The third-order valence-corrected chi connectivity index (χ3v) is 9.37. The monoisotopic (exact) mass is 682 g/mol. The molecular formula is C40H44ClFN4O3. The Morgan fingerprint density at radius 3 is 2.29 bits per heavy atom. The first kappa shape index (κ1) is 35.6. The zero-order valence-corrected chi connectivity index (χ0v) is 29.0. The maximum absolute atomic E-state index is 14.7. The van der Waals surface area contributed by atoms with E-state index in [-0.39, 0.29) is 35.8 Å². The Hall–Kier alpha value is -4.69. The molecule has 256 valence electrons. The maximum atomic E-state index is 14.7. The van der Waals surface area contributed by atoms with Gasteiger partial charge >= 0.3 is 0 Å². The number of fused-ring (bicyclic) bond motifs is 1. The van der Waals surface area contributed by atoms with Gasteiger partial charge in [-0.15, -0.1) is 0 Å². The Morgan fingerprint density at radius 2 is 1.61 bits per heavy atom. The lowest BCUT2D eigenvalue weighted by molar-refractivity contribution is -0.136. The van der Waals surface area contributed by atoms with Crippen LogP contribution < -0.4 is 20.9 Å². The van der Waals surface area contributed by atoms with E-state index in [0.717, 1.165) is 40.9 Å². The highest BCUT2D eigenvalue weighted by molar-refractivity contribution is 6.31. The van der Waals surface area contributed by atoms with Crippen LogP contribution in [0.1, 0.15) is 52.0 Å². The molecular weight excluding hydrogens is 639 g/mol. The fourth-order valence-electron chi connectivity index (χ4n) is 6.62. The van der Waals surface area contributed by atoms with Crippen molar-refractivity contribution in [2.24, 2.45) is 23.5 Å². The van der Waals surface area contributed by atoms with E-state index in [4.69, 9.17) is 17.3 Å². The zero-order valence-electron chi connectivity index (χ0n) is 28.2. The summed E-state index contributed by atoms with van der Waals surface area (Å²) in [6, 6.07) is 28.8. The van der Waals surface area contributed by atoms with Crippen molar-refractivity contribution in [3.63, 3.8) is 0 Å². The van der Waals surface area contributed by atoms with Crippen molar-refractivity contribution in [1.82, 2.24) is 5.32 Å². The summed E-state index contributed by atoms with van der Waals surface area (Å²) in [7, 11) is 0. The van der Waals surface area contributed by atoms with Gasteiger partial charge in [-0.25, -0.2) is 4.39 Å². The number of benzene rings is 4. The molecule has 3 unspecified atom stereocenters. The zero-order chi connectivity index (χ0) is 35.1. The lowest BCUT2D eigenvalue weighted by Gasteiger charge is -2.30. The number of nitrogens with two attached hydrogens (primary N) is 1. The summed E-state index contributed by atoms with van der Waals surface area (Å²) in [6.45, 7) is 6.45. The fraction of sp³-hybridized carbons (Fsp3) is 0.325. The maximum Gasteiger partial charge on any atom is 0.251 e. The van der Waals surface area contributed by atoms with Gasteiger partial charge in [-0.05, 0) is 77.9 Å². The van der Waals surface area contributed by atoms with Crippen LogP contribution in [0, 0.1) is 23.6 Å². The SMILES string of the molecule is CCCCC(C(N)=O)C(CC(C)C)C(=O)NC1CN(c2ccccc2)c2ccccc2N(Cc2cccc(-c3ccc(F)c(Cl)c3)c2)C1=O. The number of primary amides is 1. The van der Waals surface area contributed by atoms with Crippen molar-refractivity contribution in [2.45, 2.75) is 59.0 Å². The highest BCUT2D eigenvalue weighted by Gasteiger charge is 2.39. The second-order valence-electron chi connectivity index (χ2n) is 13.1. The minimum atomic E-state index is -0.937. The van der Waals surface area contributed by atoms with Crippen LogP contribution in [0.3, 0.4) is 0 Å². The van der Waals surface area contributed by atoms with E-state index in [9.17, 15) is 18.8 Å². The first-order chi connectivity index (χ1) is 23.6. The largest absolute Gasteiger partial charge is 0.369 e. The first-order valence-corrected chi connectivity index (χ1v) is 17.3. The molecule has 49 heavy (non-hydrogen) atoms. The minimum absolute atomic E-state index is 0.0307. The van der Waals surface area contributed by atoms with Gasteiger partial charge in [0.1, 0.15) is 11.9 Å². The number of unbranched alkanes of at least 4 members (excludes halogenated alkanes) is 1. The summed E-state index contributed by atoms with van der Waals surface area (Å²) < 4.78 is 13.9. The third kappa shape index (κ3) is 8.49. The Bertz CT molecular complexity index is 1780. The molecule has 4 aromatic rings. The van der Waals surface area contributed by atoms with Gasteiger partial charge in [0.2, 0.25) is 11.8 Å². The van der Waals surface area contributed by atoms with Crippen molar-refractivity contribution in [2.75, 3.05) is 16.3 Å². The van der Waals surface area contributed by atoms with Crippen LogP contribution in [-0.2, 0) is 20.9 Å². The molecule has 3 atom stereocenters. The van der Waals surface area contributed by atoms with Gasteiger partial charge < -0.3 is 20.9 Å². The Morgan fingerprint density at radius 1 is 0.918 bits per heavy atom. The Kier molecular flexibility index (Phi) is 11.7. The molecule has 9 heteroatoms. The van der Waals surface area contributed by atoms with E-state index in [1.807, 2.05) is 99.6 Å². The van der Waals surface area contributed by atoms with Crippen molar-refractivity contribution in [1.29, 1.82) is 0 Å². The molecule has 0 fully saturated rings. The number of amides is 3. The van der Waals surface area contributed by atoms with E-state index in [1.165, 1.54) is 6.07 Å². The smallest absolute Gasteiger partial charge is 0.251 e. The quantitative estimate of drug-likeness (QED) is 0.148. The van der Waals surface area contributed by atoms with E-state index >= 15 is 0 Å². The van der Waals surface area contributed by atoms with Crippen molar-refractivity contribution >= 4 is 46.4 Å². The number of nitrogens with one attached hydrogen (secondary N) is 1. The second-order valence-corrected chi connectivity index (χ2v) is 13.5. The number of hydrogen-bond donors (Lipinski definition) is 2. The van der Waals surface area contributed by atoms with Gasteiger partial charge in [-0.1, -0.05) is 99.8 Å². The second kappa shape index (κ2) is 16.1. The van der Waals surface area contributed by atoms with Gasteiger partial charge in [0.05, 0.1) is 29.5 Å². The summed E-state index contributed by atoms with van der Waals surface area (Å²) in [5.74, 6) is -2.78. The van der Waals surface area contributed by atoms with Gasteiger partial charge in [-0.2, -0.15) is 0 Å². The van der Waals surface area contributed by atoms with Gasteiger partial charge in [0, 0.05) is 17.5 Å². The number of carbonyl (C=O) groups is 3. The highest BCUT2D eigenvalue weighted by atomic mass is 35.5. The first-order valence-electron chi connectivity index (χ1n) is 16.9. The summed E-state index contributed by atoms with van der Waals surface area (Å²) in [6.07, 6.45) is 2.62. The number of carbonyl (C=O) groups excluding carboxylic acids is 3. The van der Waals surface area contributed by atoms with Gasteiger partial charge in [-0.3, -0.25) is 14.4 Å². The molecule has 0 bridgehead atoms. The molecule has 5 rings (SSSR count). The topological polar surface area (TPSA) is 95.7 Å². The number of anilines is 3. The minimum Gasteiger partial charge on any atom is -0.369 e. The van der Waals surface area contributed by atoms with Gasteiger partial charge in [0.25, 0.3) is 5.91 Å². The molecule has 0 spiro atoms. The number of para-hydroxylation sites is 3. The summed E-state index contributed by atoms with van der Waals surface area (Å²) in [4.78, 5) is 45.4. The lowest BCUT2D eigenvalue weighted by Crippen LogP contribution is -2.54. The molecule has 0 aliphatic carbocycles. The predicted molar refractivity (Wildman–Crippen MR) is 195 cm³/mol. The van der Waals surface area contributed by atoms with Crippen LogP contribution in [0.25, 0.3) is 11.1 Å². The molecule has 3 N–H and O–H groups in total. The van der Waals surface area contributed by atoms with Crippen molar-refractivity contribution in [3.8, 4) is 11.1 Å². The van der Waals surface area contributed by atoms with Crippen LogP contribution in [0.2, 0.25) is 5.02 Å². The fourth-order valence-corrected chi connectivity index (χ4v) is 6.80. The van der Waals surface area contributed by atoms with Crippen LogP contribution in [-0.4, -0.2) is 30.3 Å². The lowest BCUT2D eigenvalue weighted by atomic mass is 9.81. The highest BCUT2D eigenvalue weighted by Crippen LogP contribution is 2.38. The molecule has 0 aromatic heterocycles. The number of halogens is 2. The van der Waals surface area contributed by atoms with Crippen LogP contribution in [0.5, 0.6) is 0 Å². The van der Waals surface area contributed by atoms with Crippen LogP contribution in [0.15, 0.2) is 97.1 Å². The van der Waals surface area contributed by atoms with E-state index < -0.39 is 29.6 Å². The molecule has 0 radical (unpaired) electrons. The standard InChI is InChI=1S/C40H44ClFN4O3/c1-4-5-16-31(38(43)47)32(21-26(2)3)39(48)44-35-25-45(30-14-7-6-8-15-30)36-17-9-10-18-37(36)46(40(35)49)24-27-12-11-13-28(22-27)29-19-20-34(42)33(41)23-29/h6-15,17-20,22-23,26,31-32,35H,4-5,16,21,24-25H2,1-3H3,(H2,43,47)(H,44,48). The number of hydrogen-bond acceptors (Lipinski definition) is 4. The summed E-state index contributed by atoms with van der Waals surface area (Å²) in [5.41, 5.74) is 10.7. The molecule has 1 aliphatic rings. The summed E-state index contributed by atoms with van der Waals surface area (Å²) >= 11 is 6.09. The molecule has 1 aliphatic heterocycles. The van der Waals surface area contributed by atoms with Gasteiger partial charge in [0.15, 0.2) is 0 Å². The van der Waals surface area contributed by atoms with E-state index in [0.29, 0.717) is 18.5 Å². The van der Waals surface area contributed by atoms with E-state index in [2.05, 4.69) is 10.2 Å². The predicted octanol–water partition coefficient (Wildman–Crippen LogP) is 8.27. The third-order valence-electron chi connectivity index (χ3n) is 9.08. The Balaban J connectivity index is 1.55. The Labute approximate surface area is 293 Å². The molecule has 3 amide bonds. The summed E-state index contributed by atoms with van der Waals surface area (Å²) in [5, 5.41) is 3.13. The van der Waals surface area contributed by atoms with Crippen LogP contribution in [0.4, 0.5) is 21.5 Å².